The lowest BCUT2D eigenvalue weighted by molar-refractivity contribution is -0.134. The molecule has 0 saturated carbocycles. The molecule has 3 aliphatic rings. The predicted octanol–water partition coefficient (Wildman–Crippen LogP) is 6.82. The Balaban J connectivity index is 0.778. The van der Waals surface area contributed by atoms with Gasteiger partial charge in [-0.15, -0.1) is 0 Å². The summed E-state index contributed by atoms with van der Waals surface area (Å²) in [6, 6.07) is 13.5. The number of halogens is 2. The normalized spacial score (nSPS) is 19.9. The number of benzene rings is 2. The van der Waals surface area contributed by atoms with Crippen LogP contribution in [0.15, 0.2) is 60.9 Å². The Hall–Kier alpha value is -4.71. The average Bonchev–Trinajstić information content (AvgIpc) is 3.83. The maximum Gasteiger partial charge on any atom is 0.256 e. The fraction of sp³-hybridized carbons (Fsp3) is 0.488. The van der Waals surface area contributed by atoms with E-state index in [4.69, 9.17) is 4.98 Å². The molecule has 2 unspecified atom stereocenters. The first-order chi connectivity index (χ1) is 25.8. The van der Waals surface area contributed by atoms with Crippen LogP contribution in [0.4, 0.5) is 14.6 Å². The van der Waals surface area contributed by atoms with Crippen molar-refractivity contribution in [3.05, 3.63) is 94.8 Å². The molecule has 10 nitrogen and oxygen atoms in total. The van der Waals surface area contributed by atoms with Gasteiger partial charge in [0.2, 0.25) is 11.8 Å². The van der Waals surface area contributed by atoms with Crippen molar-refractivity contribution in [3.63, 3.8) is 0 Å². The molecule has 53 heavy (non-hydrogen) atoms. The second kappa shape index (κ2) is 17.0. The van der Waals surface area contributed by atoms with Gasteiger partial charge in [-0.05, 0) is 106 Å². The van der Waals surface area contributed by atoms with Crippen LogP contribution in [-0.4, -0.2) is 69.9 Å². The molecule has 2 N–H and O–H groups in total. The first-order valence-corrected chi connectivity index (χ1v) is 19.3. The Kier molecular flexibility index (Phi) is 11.7. The number of hydrogen-bond acceptors (Lipinski definition) is 7. The van der Waals surface area contributed by atoms with Crippen LogP contribution in [-0.2, 0) is 9.59 Å². The van der Waals surface area contributed by atoms with E-state index in [1.54, 1.807) is 16.8 Å². The molecular weight excluding hydrogens is 676 g/mol. The number of fused-ring (bicyclic) bond motifs is 1. The standard InChI is InChI=1S/C41H49F2N7O3/c42-31-13-15-35(43)33(26-31)36-8-7-22-49(36)37-19-25-50-39(46-37)34(27-45-50)40(52)44-20-5-3-1-2-4-6-21-48-23-17-29(18-24-48)28-9-11-30(12-10-28)32-14-16-38(51)47-41(32)53/h9-13,15,19,25-27,29,32,36H,1-8,14,16-18,20-24H2,(H,44,52)(H,47,51,53). The first-order valence-electron chi connectivity index (χ1n) is 19.3. The Morgan fingerprint density at radius 2 is 1.62 bits per heavy atom. The van der Waals surface area contributed by atoms with Crippen LogP contribution in [0.25, 0.3) is 5.65 Å². The van der Waals surface area contributed by atoms with Gasteiger partial charge in [-0.2, -0.15) is 5.10 Å². The number of unbranched alkanes of at least 4 members (excludes halogenated alkanes) is 5. The van der Waals surface area contributed by atoms with Gasteiger partial charge >= 0.3 is 0 Å². The highest BCUT2D eigenvalue weighted by molar-refractivity contribution is 6.01. The number of anilines is 1. The van der Waals surface area contributed by atoms with Crippen molar-refractivity contribution in [1.82, 2.24) is 30.1 Å². The van der Waals surface area contributed by atoms with Gasteiger partial charge in [-0.1, -0.05) is 49.9 Å². The number of amides is 3. The molecule has 0 bridgehead atoms. The van der Waals surface area contributed by atoms with E-state index in [1.165, 1.54) is 43.2 Å². The molecule has 7 rings (SSSR count). The lowest BCUT2D eigenvalue weighted by atomic mass is 9.86. The van der Waals surface area contributed by atoms with Gasteiger partial charge in [0.25, 0.3) is 5.91 Å². The lowest BCUT2D eigenvalue weighted by Gasteiger charge is -2.32. The van der Waals surface area contributed by atoms with E-state index in [9.17, 15) is 23.2 Å². The summed E-state index contributed by atoms with van der Waals surface area (Å²) in [7, 11) is 0. The van der Waals surface area contributed by atoms with Gasteiger partial charge < -0.3 is 15.1 Å². The van der Waals surface area contributed by atoms with E-state index in [2.05, 4.69) is 44.9 Å². The number of rotatable bonds is 14. The smallest absolute Gasteiger partial charge is 0.256 e. The van der Waals surface area contributed by atoms with E-state index >= 15 is 0 Å². The third-order valence-corrected chi connectivity index (χ3v) is 11.3. The van der Waals surface area contributed by atoms with Crippen LogP contribution in [0.5, 0.6) is 0 Å². The van der Waals surface area contributed by atoms with Crippen molar-refractivity contribution in [1.29, 1.82) is 0 Å². The van der Waals surface area contributed by atoms with Crippen molar-refractivity contribution >= 4 is 29.2 Å². The third-order valence-electron chi connectivity index (χ3n) is 11.3. The number of likely N-dealkylation sites (tertiary alicyclic amines) is 1. The van der Waals surface area contributed by atoms with Gasteiger partial charge in [0.05, 0.1) is 18.2 Å². The van der Waals surface area contributed by atoms with Crippen LogP contribution in [0.2, 0.25) is 0 Å². The topological polar surface area (TPSA) is 112 Å². The van der Waals surface area contributed by atoms with Crippen LogP contribution < -0.4 is 15.5 Å². The van der Waals surface area contributed by atoms with Crippen LogP contribution in [0.1, 0.15) is 122 Å². The molecule has 0 spiro atoms. The lowest BCUT2D eigenvalue weighted by Crippen LogP contribution is -2.39. The summed E-state index contributed by atoms with van der Waals surface area (Å²) in [6.45, 7) is 4.59. The first kappa shape index (κ1) is 36.6. The molecule has 2 atom stereocenters. The van der Waals surface area contributed by atoms with Crippen LogP contribution in [0, 0.1) is 11.6 Å². The minimum atomic E-state index is -0.467. The van der Waals surface area contributed by atoms with Gasteiger partial charge in [-0.3, -0.25) is 19.7 Å². The highest BCUT2D eigenvalue weighted by Gasteiger charge is 2.31. The van der Waals surface area contributed by atoms with Crippen LogP contribution >= 0.6 is 0 Å². The molecule has 3 saturated heterocycles. The molecule has 0 aliphatic carbocycles. The summed E-state index contributed by atoms with van der Waals surface area (Å²) in [6.07, 6.45) is 14.7. The predicted molar refractivity (Wildman–Crippen MR) is 199 cm³/mol. The number of carbonyl (C=O) groups excluding carboxylic acids is 3. The van der Waals surface area contributed by atoms with Crippen molar-refractivity contribution < 1.29 is 23.2 Å². The van der Waals surface area contributed by atoms with E-state index < -0.39 is 11.6 Å². The van der Waals surface area contributed by atoms with Gasteiger partial charge in [0.15, 0.2) is 5.65 Å². The monoisotopic (exact) mass is 725 g/mol. The Bertz CT molecular complexity index is 1910. The minimum Gasteiger partial charge on any atom is -0.352 e. The third kappa shape index (κ3) is 8.75. The van der Waals surface area contributed by atoms with E-state index in [0.717, 1.165) is 69.8 Å². The van der Waals surface area contributed by atoms with Crippen molar-refractivity contribution in [2.45, 2.75) is 94.9 Å². The fourth-order valence-corrected chi connectivity index (χ4v) is 8.28. The Morgan fingerprint density at radius 3 is 2.42 bits per heavy atom. The molecule has 3 aliphatic heterocycles. The fourth-order valence-electron chi connectivity index (χ4n) is 8.28. The summed E-state index contributed by atoms with van der Waals surface area (Å²) in [5.41, 5.74) is 3.49. The number of nitrogens with zero attached hydrogens (tertiary/aromatic N) is 5. The number of nitrogens with one attached hydrogen (secondary N) is 2. The van der Waals surface area contributed by atoms with Crippen LogP contribution in [0.3, 0.4) is 0 Å². The zero-order chi connectivity index (χ0) is 36.7. The van der Waals surface area contributed by atoms with E-state index in [0.29, 0.717) is 60.9 Å². The van der Waals surface area contributed by atoms with E-state index in [-0.39, 0.29) is 29.7 Å². The van der Waals surface area contributed by atoms with Crippen molar-refractivity contribution in [2.24, 2.45) is 0 Å². The second-order valence-corrected chi connectivity index (χ2v) is 14.8. The maximum atomic E-state index is 14.6. The van der Waals surface area contributed by atoms with Crippen molar-refractivity contribution in [2.75, 3.05) is 37.6 Å². The highest BCUT2D eigenvalue weighted by Crippen LogP contribution is 2.37. The quantitative estimate of drug-likeness (QED) is 0.108. The average molecular weight is 726 g/mol. The summed E-state index contributed by atoms with van der Waals surface area (Å²) in [5.74, 6) is -0.548. The Morgan fingerprint density at radius 1 is 0.868 bits per heavy atom. The minimum absolute atomic E-state index is 0.178. The van der Waals surface area contributed by atoms with Gasteiger partial charge in [-0.25, -0.2) is 18.3 Å². The zero-order valence-electron chi connectivity index (χ0n) is 30.2. The summed E-state index contributed by atoms with van der Waals surface area (Å²) >= 11 is 0. The zero-order valence-corrected chi connectivity index (χ0v) is 30.2. The molecule has 2 aromatic carbocycles. The molecular formula is C41H49F2N7O3. The van der Waals surface area contributed by atoms with E-state index in [1.807, 2.05) is 4.90 Å². The number of carbonyl (C=O) groups is 3. The second-order valence-electron chi connectivity index (χ2n) is 14.8. The molecule has 3 amide bonds. The molecule has 4 aromatic rings. The summed E-state index contributed by atoms with van der Waals surface area (Å²) < 4.78 is 30.2. The largest absolute Gasteiger partial charge is 0.352 e. The molecule has 12 heteroatoms. The molecule has 0 radical (unpaired) electrons. The maximum absolute atomic E-state index is 14.6. The number of piperidine rings is 2. The number of aromatic nitrogens is 3. The number of imide groups is 1. The van der Waals surface area contributed by atoms with Crippen molar-refractivity contribution in [3.8, 4) is 0 Å². The number of hydrogen-bond donors (Lipinski definition) is 2. The highest BCUT2D eigenvalue weighted by atomic mass is 19.1. The molecule has 5 heterocycles. The van der Waals surface area contributed by atoms with Gasteiger partial charge in [0, 0.05) is 31.3 Å². The SMILES string of the molecule is O=C1CCC(c2ccc(C3CCN(CCCCCCCCNC(=O)c4cnn5ccc(N6CCCC6c6cc(F)ccc6F)nc45)CC3)cc2)C(=O)N1. The summed E-state index contributed by atoms with van der Waals surface area (Å²) in [4.78, 5) is 46.1. The molecule has 280 valence electrons. The molecule has 3 fully saturated rings. The Labute approximate surface area is 309 Å². The van der Waals surface area contributed by atoms with Gasteiger partial charge in [0.1, 0.15) is 23.0 Å². The summed E-state index contributed by atoms with van der Waals surface area (Å²) in [5, 5.41) is 9.79. The molecule has 2 aromatic heterocycles.